The summed E-state index contributed by atoms with van der Waals surface area (Å²) in [7, 11) is 1.26. The van der Waals surface area contributed by atoms with Crippen LogP contribution >= 0.6 is 0 Å². The molecule has 0 radical (unpaired) electrons. The van der Waals surface area contributed by atoms with E-state index < -0.39 is 11.8 Å². The predicted octanol–water partition coefficient (Wildman–Crippen LogP) is 2.16. The second-order valence-electron chi connectivity index (χ2n) is 4.62. The van der Waals surface area contributed by atoms with Crippen LogP contribution in [0.2, 0.25) is 0 Å². The summed E-state index contributed by atoms with van der Waals surface area (Å²) in [5, 5.41) is 0. The molecule has 1 aromatic rings. The average Bonchev–Trinajstić information content (AvgIpc) is 2.33. The Hall–Kier alpha value is -1.91. The molecule has 0 N–H and O–H groups in total. The normalized spacial score (nSPS) is 10.4. The summed E-state index contributed by atoms with van der Waals surface area (Å²) in [6.45, 7) is 5.13. The lowest BCUT2D eigenvalue weighted by Gasteiger charge is -2.25. The van der Waals surface area contributed by atoms with E-state index in [1.165, 1.54) is 24.1 Å². The van der Waals surface area contributed by atoms with Crippen molar-refractivity contribution < 1.29 is 18.7 Å². The van der Waals surface area contributed by atoms with Gasteiger partial charge in [-0.25, -0.2) is 4.39 Å². The number of halogens is 1. The van der Waals surface area contributed by atoms with Crippen LogP contribution < -0.4 is 0 Å². The lowest BCUT2D eigenvalue weighted by atomic mass is 10.1. The van der Waals surface area contributed by atoms with Crippen molar-refractivity contribution in [3.8, 4) is 0 Å². The molecule has 0 atom stereocenters. The van der Waals surface area contributed by atoms with Gasteiger partial charge in [-0.15, -0.1) is 0 Å². The fourth-order valence-electron chi connectivity index (χ4n) is 1.72. The molecule has 0 saturated carbocycles. The van der Waals surface area contributed by atoms with Crippen molar-refractivity contribution in [2.45, 2.75) is 26.8 Å². The quantitative estimate of drug-likeness (QED) is 0.785. The first-order chi connectivity index (χ1) is 8.85. The Balaban J connectivity index is 3.02. The van der Waals surface area contributed by atoms with E-state index in [0.717, 1.165) is 0 Å². The van der Waals surface area contributed by atoms with Crippen molar-refractivity contribution in [3.05, 3.63) is 35.1 Å². The highest BCUT2D eigenvalue weighted by Gasteiger charge is 2.22. The first-order valence-corrected chi connectivity index (χ1v) is 6.00. The highest BCUT2D eigenvalue weighted by Crippen LogP contribution is 2.13. The van der Waals surface area contributed by atoms with Gasteiger partial charge in [0, 0.05) is 11.6 Å². The molecule has 0 saturated heterocycles. The highest BCUT2D eigenvalue weighted by molar-refractivity contribution is 5.96. The number of benzene rings is 1. The number of carbonyl (C=O) groups excluding carboxylic acids is 2. The molecule has 0 spiro atoms. The van der Waals surface area contributed by atoms with E-state index in [2.05, 4.69) is 4.74 Å². The van der Waals surface area contributed by atoms with Crippen LogP contribution in [-0.4, -0.2) is 36.5 Å². The van der Waals surface area contributed by atoms with Crippen LogP contribution in [0.4, 0.5) is 4.39 Å². The van der Waals surface area contributed by atoms with Gasteiger partial charge in [-0.1, -0.05) is 0 Å². The molecule has 0 heterocycles. The minimum Gasteiger partial charge on any atom is -0.468 e. The molecule has 0 unspecified atom stereocenters. The third-order valence-corrected chi connectivity index (χ3v) is 2.70. The third-order valence-electron chi connectivity index (χ3n) is 2.70. The maximum absolute atomic E-state index is 13.3. The monoisotopic (exact) mass is 267 g/mol. The number of aryl methyl sites for hydroxylation is 1. The Morgan fingerprint density at radius 1 is 1.32 bits per heavy atom. The first-order valence-electron chi connectivity index (χ1n) is 6.00. The Morgan fingerprint density at radius 2 is 1.95 bits per heavy atom. The number of hydrogen-bond acceptors (Lipinski definition) is 3. The largest absolute Gasteiger partial charge is 0.468 e. The Bertz CT molecular complexity index is 465. The number of esters is 1. The van der Waals surface area contributed by atoms with Crippen LogP contribution in [0.15, 0.2) is 18.2 Å². The summed E-state index contributed by atoms with van der Waals surface area (Å²) in [6, 6.07) is 3.92. The number of methoxy groups -OCH3 is 1. The number of ether oxygens (including phenoxy) is 1. The van der Waals surface area contributed by atoms with Crippen molar-refractivity contribution in [2.75, 3.05) is 13.7 Å². The summed E-state index contributed by atoms with van der Waals surface area (Å²) in [4.78, 5) is 24.9. The lowest BCUT2D eigenvalue weighted by Crippen LogP contribution is -2.41. The molecule has 0 aliphatic heterocycles. The van der Waals surface area contributed by atoms with Gasteiger partial charge in [0.25, 0.3) is 5.91 Å². The van der Waals surface area contributed by atoms with Gasteiger partial charge in [0.2, 0.25) is 0 Å². The molecule has 19 heavy (non-hydrogen) atoms. The Kier molecular flexibility index (Phi) is 5.03. The minimum atomic E-state index is -0.504. The molecular formula is C14H18FNO3. The highest BCUT2D eigenvalue weighted by atomic mass is 19.1. The van der Waals surface area contributed by atoms with Gasteiger partial charge >= 0.3 is 5.97 Å². The third kappa shape index (κ3) is 4.05. The summed E-state index contributed by atoms with van der Waals surface area (Å²) in [6.07, 6.45) is 0. The smallest absolute Gasteiger partial charge is 0.325 e. The van der Waals surface area contributed by atoms with Gasteiger partial charge in [-0.2, -0.15) is 0 Å². The second kappa shape index (κ2) is 6.31. The van der Waals surface area contributed by atoms with Gasteiger partial charge in [-0.3, -0.25) is 9.59 Å². The average molecular weight is 267 g/mol. The van der Waals surface area contributed by atoms with Crippen LogP contribution in [0.3, 0.4) is 0 Å². The lowest BCUT2D eigenvalue weighted by molar-refractivity contribution is -0.141. The summed E-state index contributed by atoms with van der Waals surface area (Å²) in [5.41, 5.74) is 0.889. The SMILES string of the molecule is COC(=O)CN(C(=O)c1cc(C)cc(F)c1)C(C)C. The molecule has 0 bridgehead atoms. The molecule has 1 amide bonds. The van der Waals surface area contributed by atoms with E-state index >= 15 is 0 Å². The van der Waals surface area contributed by atoms with Crippen molar-refractivity contribution in [1.82, 2.24) is 4.90 Å². The zero-order valence-electron chi connectivity index (χ0n) is 11.6. The molecular weight excluding hydrogens is 249 g/mol. The molecule has 1 aromatic carbocycles. The minimum absolute atomic E-state index is 0.150. The molecule has 0 fully saturated rings. The topological polar surface area (TPSA) is 46.6 Å². The van der Waals surface area contributed by atoms with E-state index in [-0.39, 0.29) is 24.1 Å². The number of carbonyl (C=O) groups is 2. The van der Waals surface area contributed by atoms with Crippen molar-refractivity contribution >= 4 is 11.9 Å². The zero-order chi connectivity index (χ0) is 14.6. The maximum Gasteiger partial charge on any atom is 0.325 e. The van der Waals surface area contributed by atoms with Crippen LogP contribution in [0.1, 0.15) is 29.8 Å². The first kappa shape index (κ1) is 15.1. The van der Waals surface area contributed by atoms with Gasteiger partial charge in [0.15, 0.2) is 0 Å². The van der Waals surface area contributed by atoms with Crippen molar-refractivity contribution in [1.29, 1.82) is 0 Å². The number of rotatable bonds is 4. The van der Waals surface area contributed by atoms with E-state index in [4.69, 9.17) is 0 Å². The van der Waals surface area contributed by atoms with E-state index in [1.807, 2.05) is 0 Å². The van der Waals surface area contributed by atoms with Crippen LogP contribution in [-0.2, 0) is 9.53 Å². The predicted molar refractivity (Wildman–Crippen MR) is 69.3 cm³/mol. The summed E-state index contributed by atoms with van der Waals surface area (Å²) in [5.74, 6) is -1.36. The summed E-state index contributed by atoms with van der Waals surface area (Å²) >= 11 is 0. The molecule has 104 valence electrons. The maximum atomic E-state index is 13.3. The van der Waals surface area contributed by atoms with Gasteiger partial charge in [0.1, 0.15) is 12.4 Å². The van der Waals surface area contributed by atoms with E-state index in [9.17, 15) is 14.0 Å². The zero-order valence-corrected chi connectivity index (χ0v) is 11.6. The van der Waals surface area contributed by atoms with E-state index in [0.29, 0.717) is 5.56 Å². The molecule has 0 aromatic heterocycles. The van der Waals surface area contributed by atoms with Crippen molar-refractivity contribution in [2.24, 2.45) is 0 Å². The summed E-state index contributed by atoms with van der Waals surface area (Å²) < 4.78 is 17.9. The fraction of sp³-hybridized carbons (Fsp3) is 0.429. The second-order valence-corrected chi connectivity index (χ2v) is 4.62. The van der Waals surface area contributed by atoms with Crippen LogP contribution in [0.25, 0.3) is 0 Å². The standard InChI is InChI=1S/C14H18FNO3/c1-9(2)16(8-13(17)19-4)14(18)11-5-10(3)6-12(15)7-11/h5-7,9H,8H2,1-4H3. The number of hydrogen-bond donors (Lipinski definition) is 0. The van der Waals surface area contributed by atoms with Crippen LogP contribution in [0.5, 0.6) is 0 Å². The van der Waals surface area contributed by atoms with Crippen LogP contribution in [0, 0.1) is 12.7 Å². The molecule has 5 heteroatoms. The van der Waals surface area contributed by atoms with Gasteiger partial charge in [0.05, 0.1) is 7.11 Å². The molecule has 4 nitrogen and oxygen atoms in total. The number of nitrogens with zero attached hydrogens (tertiary/aromatic N) is 1. The van der Waals surface area contributed by atoms with E-state index in [1.54, 1.807) is 26.8 Å². The Morgan fingerprint density at radius 3 is 2.42 bits per heavy atom. The molecule has 0 aliphatic rings. The molecule has 1 rings (SSSR count). The number of amides is 1. The van der Waals surface area contributed by atoms with Gasteiger partial charge in [-0.05, 0) is 44.5 Å². The molecule has 0 aliphatic carbocycles. The van der Waals surface area contributed by atoms with Crippen molar-refractivity contribution in [3.63, 3.8) is 0 Å². The van der Waals surface area contributed by atoms with Gasteiger partial charge < -0.3 is 9.64 Å². The Labute approximate surface area is 112 Å². The fourth-order valence-corrected chi connectivity index (χ4v) is 1.72.